The highest BCUT2D eigenvalue weighted by Crippen LogP contribution is 2.38. The Hall–Kier alpha value is -1.50. The molecular weight excluding hydrogens is 236 g/mol. The fraction of sp³-hybridized carbons (Fsp3) is 0.500. The zero-order valence-electron chi connectivity index (χ0n) is 10.0. The van der Waals surface area contributed by atoms with Crippen LogP contribution in [0.3, 0.4) is 0 Å². The molecule has 18 heavy (non-hydrogen) atoms. The van der Waals surface area contributed by atoms with Crippen molar-refractivity contribution >= 4 is 0 Å². The Kier molecular flexibility index (Phi) is 3.90. The Morgan fingerprint density at radius 3 is 2.17 bits per heavy atom. The first-order chi connectivity index (χ1) is 8.63. The van der Waals surface area contributed by atoms with Gasteiger partial charge in [0, 0.05) is 38.3 Å². The number of hydrogen-bond acceptors (Lipinski definition) is 6. The van der Waals surface area contributed by atoms with Crippen LogP contribution in [0.2, 0.25) is 0 Å². The molecule has 2 rings (SSSR count). The third-order valence-electron chi connectivity index (χ3n) is 3.22. The van der Waals surface area contributed by atoms with E-state index in [-0.39, 0.29) is 29.4 Å². The summed E-state index contributed by atoms with van der Waals surface area (Å²) in [6, 6.07) is 1.87. The summed E-state index contributed by atoms with van der Waals surface area (Å²) in [5, 5.41) is 41.6. The third-order valence-corrected chi connectivity index (χ3v) is 3.22. The van der Waals surface area contributed by atoms with Crippen molar-refractivity contribution in [1.29, 1.82) is 0 Å². The van der Waals surface area contributed by atoms with Crippen molar-refractivity contribution in [1.82, 2.24) is 10.2 Å². The third kappa shape index (κ3) is 2.50. The number of aliphatic hydroxyl groups is 1. The second-order valence-electron chi connectivity index (χ2n) is 4.38. The number of phenolic OH excluding ortho intramolecular Hbond substituents is 3. The Morgan fingerprint density at radius 2 is 1.67 bits per heavy atom. The van der Waals surface area contributed by atoms with E-state index in [2.05, 4.69) is 5.32 Å². The molecule has 1 saturated heterocycles. The van der Waals surface area contributed by atoms with Crippen LogP contribution >= 0.6 is 0 Å². The van der Waals surface area contributed by atoms with E-state index in [1.165, 1.54) is 12.1 Å². The van der Waals surface area contributed by atoms with Crippen LogP contribution in [0.4, 0.5) is 0 Å². The summed E-state index contributed by atoms with van der Waals surface area (Å²) < 4.78 is 0. The maximum Gasteiger partial charge on any atom is 0.127 e. The lowest BCUT2D eigenvalue weighted by molar-refractivity contribution is 0.107. The van der Waals surface area contributed by atoms with Gasteiger partial charge in [0.2, 0.25) is 0 Å². The maximum atomic E-state index is 9.83. The second kappa shape index (κ2) is 5.43. The van der Waals surface area contributed by atoms with E-state index >= 15 is 0 Å². The van der Waals surface area contributed by atoms with Gasteiger partial charge in [-0.2, -0.15) is 0 Å². The summed E-state index contributed by atoms with van der Waals surface area (Å²) in [6.45, 7) is 2.86. The molecule has 0 amide bonds. The van der Waals surface area contributed by atoms with E-state index in [0.717, 1.165) is 26.2 Å². The molecule has 100 valence electrons. The first-order valence-electron chi connectivity index (χ1n) is 5.94. The van der Waals surface area contributed by atoms with Crippen LogP contribution in [0.25, 0.3) is 0 Å². The summed E-state index contributed by atoms with van der Waals surface area (Å²) in [5.41, 5.74) is 0.261. The van der Waals surface area contributed by atoms with Gasteiger partial charge in [0.15, 0.2) is 0 Å². The van der Waals surface area contributed by atoms with Gasteiger partial charge >= 0.3 is 0 Å². The highest BCUT2D eigenvalue weighted by atomic mass is 16.3. The Balaban J connectivity index is 2.32. The SMILES string of the molecule is OC[C@H](c1c(O)cc(O)cc1O)N1CCNCC1. The Labute approximate surface area is 105 Å². The highest BCUT2D eigenvalue weighted by molar-refractivity contribution is 5.50. The average molecular weight is 254 g/mol. The number of nitrogens with one attached hydrogen (secondary N) is 1. The molecule has 1 aromatic rings. The summed E-state index contributed by atoms with van der Waals surface area (Å²) in [5.74, 6) is -0.610. The number of aromatic hydroxyl groups is 3. The molecule has 0 unspecified atom stereocenters. The van der Waals surface area contributed by atoms with Crippen molar-refractivity contribution in [2.75, 3.05) is 32.8 Å². The number of nitrogens with zero attached hydrogens (tertiary/aromatic N) is 1. The number of piperazine rings is 1. The number of phenols is 3. The number of hydrogen-bond donors (Lipinski definition) is 5. The van der Waals surface area contributed by atoms with Crippen LogP contribution in [-0.4, -0.2) is 58.1 Å². The molecule has 0 bridgehead atoms. The lowest BCUT2D eigenvalue weighted by Gasteiger charge is -2.34. The number of benzene rings is 1. The van der Waals surface area contributed by atoms with Gasteiger partial charge in [0.1, 0.15) is 17.2 Å². The zero-order chi connectivity index (χ0) is 13.1. The number of rotatable bonds is 3. The topological polar surface area (TPSA) is 96.2 Å². The predicted molar refractivity (Wildman–Crippen MR) is 65.7 cm³/mol. The van der Waals surface area contributed by atoms with Crippen LogP contribution in [0.5, 0.6) is 17.2 Å². The highest BCUT2D eigenvalue weighted by Gasteiger charge is 2.26. The normalized spacial score (nSPS) is 18.7. The van der Waals surface area contributed by atoms with Gasteiger partial charge in [0.25, 0.3) is 0 Å². The van der Waals surface area contributed by atoms with Crippen LogP contribution in [-0.2, 0) is 0 Å². The summed E-state index contributed by atoms with van der Waals surface area (Å²) in [7, 11) is 0. The quantitative estimate of drug-likeness (QED) is 0.510. The molecule has 6 nitrogen and oxygen atoms in total. The first kappa shape index (κ1) is 12.9. The molecular formula is C12H18N2O4. The van der Waals surface area contributed by atoms with Gasteiger partial charge < -0.3 is 25.7 Å². The monoisotopic (exact) mass is 254 g/mol. The van der Waals surface area contributed by atoms with E-state index in [1.54, 1.807) is 0 Å². The summed E-state index contributed by atoms with van der Waals surface area (Å²) in [4.78, 5) is 1.99. The van der Waals surface area contributed by atoms with E-state index in [9.17, 15) is 20.4 Å². The van der Waals surface area contributed by atoms with E-state index in [0.29, 0.717) is 0 Å². The van der Waals surface area contributed by atoms with Crippen molar-refractivity contribution in [3.05, 3.63) is 17.7 Å². The molecule has 1 aromatic carbocycles. The molecule has 0 aromatic heterocycles. The largest absolute Gasteiger partial charge is 0.508 e. The van der Waals surface area contributed by atoms with E-state index < -0.39 is 6.04 Å². The minimum absolute atomic E-state index is 0.202. The standard InChI is InChI=1S/C12H18N2O4/c15-7-9(14-3-1-13-2-4-14)12-10(17)5-8(16)6-11(12)18/h5-6,9,13,15-18H,1-4,7H2/t9-/m1/s1. The van der Waals surface area contributed by atoms with Crippen molar-refractivity contribution < 1.29 is 20.4 Å². The molecule has 0 spiro atoms. The molecule has 1 aliphatic rings. The average Bonchev–Trinajstić information content (AvgIpc) is 2.34. The molecule has 6 heteroatoms. The molecule has 0 saturated carbocycles. The molecule has 0 aliphatic carbocycles. The maximum absolute atomic E-state index is 9.83. The minimum atomic E-state index is -0.465. The van der Waals surface area contributed by atoms with Crippen molar-refractivity contribution in [2.24, 2.45) is 0 Å². The molecule has 1 fully saturated rings. The van der Waals surface area contributed by atoms with Gasteiger partial charge in [-0.3, -0.25) is 4.90 Å². The van der Waals surface area contributed by atoms with Crippen LogP contribution in [0.15, 0.2) is 12.1 Å². The zero-order valence-corrected chi connectivity index (χ0v) is 10.0. The van der Waals surface area contributed by atoms with Gasteiger partial charge in [-0.1, -0.05) is 0 Å². The fourth-order valence-corrected chi connectivity index (χ4v) is 2.33. The Bertz CT molecular complexity index is 396. The summed E-state index contributed by atoms with van der Waals surface area (Å²) >= 11 is 0. The molecule has 1 heterocycles. The molecule has 5 N–H and O–H groups in total. The van der Waals surface area contributed by atoms with Crippen molar-refractivity contribution in [3.63, 3.8) is 0 Å². The van der Waals surface area contributed by atoms with Crippen LogP contribution in [0.1, 0.15) is 11.6 Å². The first-order valence-corrected chi connectivity index (χ1v) is 5.94. The van der Waals surface area contributed by atoms with Crippen molar-refractivity contribution in [3.8, 4) is 17.2 Å². The van der Waals surface area contributed by atoms with Gasteiger partial charge in [-0.25, -0.2) is 0 Å². The lowest BCUT2D eigenvalue weighted by atomic mass is 10.0. The van der Waals surface area contributed by atoms with Crippen LogP contribution < -0.4 is 5.32 Å². The van der Waals surface area contributed by atoms with Gasteiger partial charge in [0.05, 0.1) is 18.2 Å². The summed E-state index contributed by atoms with van der Waals surface area (Å²) in [6.07, 6.45) is 0. The number of aliphatic hydroxyl groups excluding tert-OH is 1. The minimum Gasteiger partial charge on any atom is -0.508 e. The lowest BCUT2D eigenvalue weighted by Crippen LogP contribution is -2.46. The van der Waals surface area contributed by atoms with Crippen molar-refractivity contribution in [2.45, 2.75) is 6.04 Å². The molecule has 1 atom stereocenters. The Morgan fingerprint density at radius 1 is 1.11 bits per heavy atom. The smallest absolute Gasteiger partial charge is 0.127 e. The van der Waals surface area contributed by atoms with E-state index in [4.69, 9.17) is 0 Å². The second-order valence-corrected chi connectivity index (χ2v) is 4.38. The molecule has 0 radical (unpaired) electrons. The molecule has 1 aliphatic heterocycles. The fourth-order valence-electron chi connectivity index (χ4n) is 2.33. The van der Waals surface area contributed by atoms with Gasteiger partial charge in [-0.15, -0.1) is 0 Å². The van der Waals surface area contributed by atoms with E-state index in [1.807, 2.05) is 4.90 Å². The van der Waals surface area contributed by atoms with Gasteiger partial charge in [-0.05, 0) is 0 Å². The van der Waals surface area contributed by atoms with Crippen LogP contribution in [0, 0.1) is 0 Å². The predicted octanol–water partition coefficient (Wildman–Crippen LogP) is -0.258.